The highest BCUT2D eigenvalue weighted by Crippen LogP contribution is 2.17. The van der Waals surface area contributed by atoms with Gasteiger partial charge >= 0.3 is 6.03 Å². The first-order valence-electron chi connectivity index (χ1n) is 3.84. The molecule has 0 saturated carbocycles. The maximum Gasteiger partial charge on any atom is 0.346 e. The third-order valence-electron chi connectivity index (χ3n) is 1.93. The number of allylic oxidation sites excluding steroid dienone is 1. The molecule has 0 aromatic rings. The number of nitrogens with two attached hydrogens (primary N) is 1. The van der Waals surface area contributed by atoms with Crippen molar-refractivity contribution in [1.82, 2.24) is 5.32 Å². The smallest absolute Gasteiger partial charge is 0.346 e. The number of ether oxygens (including phenoxy) is 1. The number of urea groups is 1. The molecule has 5 heteroatoms. The van der Waals surface area contributed by atoms with E-state index in [9.17, 15) is 4.79 Å². The standard InChI is InChI=1S/C8H9N3O2/c1-13-7-3-6-5(2-4(7)9)10-8(12)11-6/h2-4H,9H2,1H3,(H,10,12). The third-order valence-corrected chi connectivity index (χ3v) is 1.93. The van der Waals surface area contributed by atoms with E-state index in [1.807, 2.05) is 0 Å². The number of aliphatic imine (C=N–C) groups is 1. The summed E-state index contributed by atoms with van der Waals surface area (Å²) in [6, 6.07) is -0.667. The van der Waals surface area contributed by atoms with Crippen molar-refractivity contribution in [2.24, 2.45) is 10.7 Å². The molecule has 2 aliphatic rings. The van der Waals surface area contributed by atoms with Gasteiger partial charge in [-0.1, -0.05) is 0 Å². The summed E-state index contributed by atoms with van der Waals surface area (Å²) >= 11 is 0. The average molecular weight is 179 g/mol. The van der Waals surface area contributed by atoms with Crippen LogP contribution in [0.1, 0.15) is 0 Å². The van der Waals surface area contributed by atoms with E-state index in [4.69, 9.17) is 10.5 Å². The Morgan fingerprint density at radius 2 is 2.46 bits per heavy atom. The second-order valence-electron chi connectivity index (χ2n) is 2.78. The normalized spacial score (nSPS) is 25.5. The fourth-order valence-electron chi connectivity index (χ4n) is 1.30. The summed E-state index contributed by atoms with van der Waals surface area (Å²) in [4.78, 5) is 14.6. The van der Waals surface area contributed by atoms with Crippen LogP contribution >= 0.6 is 0 Å². The Bertz CT molecular complexity index is 354. The van der Waals surface area contributed by atoms with Crippen molar-refractivity contribution in [2.45, 2.75) is 6.04 Å². The van der Waals surface area contributed by atoms with Gasteiger partial charge in [-0.2, -0.15) is 4.99 Å². The van der Waals surface area contributed by atoms with Crippen LogP contribution in [0.5, 0.6) is 0 Å². The molecule has 0 bridgehead atoms. The van der Waals surface area contributed by atoms with Gasteiger partial charge in [-0.25, -0.2) is 4.79 Å². The van der Waals surface area contributed by atoms with Crippen molar-refractivity contribution in [3.05, 3.63) is 23.6 Å². The second-order valence-corrected chi connectivity index (χ2v) is 2.78. The van der Waals surface area contributed by atoms with Gasteiger partial charge in [0.15, 0.2) is 0 Å². The number of rotatable bonds is 1. The summed E-state index contributed by atoms with van der Waals surface area (Å²) in [5.74, 6) is 0.610. The molecule has 3 N–H and O–H groups in total. The Kier molecular flexibility index (Phi) is 1.66. The van der Waals surface area contributed by atoms with Crippen LogP contribution in [0.25, 0.3) is 0 Å². The summed E-state index contributed by atoms with van der Waals surface area (Å²) in [5, 5.41) is 2.57. The number of hydrogen-bond acceptors (Lipinski definition) is 3. The second kappa shape index (κ2) is 2.70. The number of carbonyl (C=O) groups excluding carboxylic acids is 1. The van der Waals surface area contributed by atoms with Gasteiger partial charge in [0.05, 0.1) is 24.6 Å². The zero-order chi connectivity index (χ0) is 9.42. The zero-order valence-electron chi connectivity index (χ0n) is 7.07. The summed E-state index contributed by atoms with van der Waals surface area (Å²) in [6.07, 6.45) is 3.38. The van der Waals surface area contributed by atoms with Crippen LogP contribution in [0.15, 0.2) is 28.6 Å². The molecule has 2 amide bonds. The monoisotopic (exact) mass is 179 g/mol. The van der Waals surface area contributed by atoms with E-state index in [-0.39, 0.29) is 12.1 Å². The quantitative estimate of drug-likeness (QED) is 0.590. The van der Waals surface area contributed by atoms with E-state index in [0.717, 1.165) is 0 Å². The molecule has 68 valence electrons. The summed E-state index contributed by atoms with van der Waals surface area (Å²) in [5.41, 5.74) is 6.97. The fraction of sp³-hybridized carbons (Fsp3) is 0.250. The van der Waals surface area contributed by atoms with Crippen LogP contribution in [-0.4, -0.2) is 24.9 Å². The number of fused-ring (bicyclic) bond motifs is 1. The number of amides is 2. The molecule has 5 nitrogen and oxygen atoms in total. The van der Waals surface area contributed by atoms with E-state index in [1.165, 1.54) is 7.11 Å². The Hall–Kier alpha value is -1.62. The molecular weight excluding hydrogens is 170 g/mol. The van der Waals surface area contributed by atoms with Crippen LogP contribution in [0, 0.1) is 0 Å². The molecule has 1 unspecified atom stereocenters. The SMILES string of the molecule is COC1=CC2=NC(=O)NC2=CC1N. The van der Waals surface area contributed by atoms with Gasteiger partial charge in [-0.3, -0.25) is 0 Å². The van der Waals surface area contributed by atoms with E-state index < -0.39 is 0 Å². The molecule has 1 heterocycles. The van der Waals surface area contributed by atoms with Crippen LogP contribution in [-0.2, 0) is 4.74 Å². The van der Waals surface area contributed by atoms with E-state index in [1.54, 1.807) is 12.2 Å². The summed E-state index contributed by atoms with van der Waals surface area (Å²) in [7, 11) is 1.54. The van der Waals surface area contributed by atoms with Crippen LogP contribution < -0.4 is 11.1 Å². The first-order valence-corrected chi connectivity index (χ1v) is 3.84. The summed E-state index contributed by atoms with van der Waals surface area (Å²) in [6.45, 7) is 0. The van der Waals surface area contributed by atoms with Gasteiger partial charge in [0.2, 0.25) is 0 Å². The first kappa shape index (κ1) is 8.00. The molecule has 0 saturated heterocycles. The minimum absolute atomic E-state index is 0.308. The van der Waals surface area contributed by atoms with E-state index in [0.29, 0.717) is 17.2 Å². The zero-order valence-corrected chi connectivity index (χ0v) is 7.07. The number of nitrogens with one attached hydrogen (secondary N) is 1. The minimum Gasteiger partial charge on any atom is -0.499 e. The molecule has 0 fully saturated rings. The van der Waals surface area contributed by atoms with Crippen molar-refractivity contribution in [1.29, 1.82) is 0 Å². The molecule has 1 aliphatic heterocycles. The van der Waals surface area contributed by atoms with Gasteiger partial charge in [0, 0.05) is 6.08 Å². The van der Waals surface area contributed by atoms with Gasteiger partial charge in [-0.05, 0) is 6.08 Å². The van der Waals surface area contributed by atoms with E-state index >= 15 is 0 Å². The molecule has 13 heavy (non-hydrogen) atoms. The Labute approximate surface area is 75.0 Å². The minimum atomic E-state index is -0.359. The molecule has 2 rings (SSSR count). The van der Waals surface area contributed by atoms with E-state index in [2.05, 4.69) is 10.3 Å². The molecule has 1 atom stereocenters. The van der Waals surface area contributed by atoms with Crippen LogP contribution in [0.4, 0.5) is 4.79 Å². The number of carbonyl (C=O) groups is 1. The summed E-state index contributed by atoms with van der Waals surface area (Å²) < 4.78 is 5.02. The lowest BCUT2D eigenvalue weighted by molar-refractivity contribution is 0.253. The van der Waals surface area contributed by atoms with Gasteiger partial charge in [0.1, 0.15) is 5.76 Å². The Morgan fingerprint density at radius 1 is 1.69 bits per heavy atom. The van der Waals surface area contributed by atoms with Gasteiger partial charge in [-0.15, -0.1) is 0 Å². The predicted octanol–water partition coefficient (Wildman–Crippen LogP) is -0.0943. The lowest BCUT2D eigenvalue weighted by Gasteiger charge is -2.16. The highest BCUT2D eigenvalue weighted by molar-refractivity contribution is 6.19. The molecule has 0 aromatic carbocycles. The lowest BCUT2D eigenvalue weighted by Crippen LogP contribution is -2.29. The van der Waals surface area contributed by atoms with Crippen molar-refractivity contribution < 1.29 is 9.53 Å². The Balaban J connectivity index is 2.37. The predicted molar refractivity (Wildman–Crippen MR) is 47.1 cm³/mol. The molecule has 0 radical (unpaired) electrons. The topological polar surface area (TPSA) is 76.7 Å². The lowest BCUT2D eigenvalue weighted by atomic mass is 10.1. The van der Waals surface area contributed by atoms with Crippen molar-refractivity contribution >= 4 is 11.7 Å². The molecule has 0 aromatic heterocycles. The number of nitrogens with zero attached hydrogens (tertiary/aromatic N) is 1. The maximum atomic E-state index is 10.9. The van der Waals surface area contributed by atoms with Crippen molar-refractivity contribution in [2.75, 3.05) is 7.11 Å². The van der Waals surface area contributed by atoms with Crippen molar-refractivity contribution in [3.8, 4) is 0 Å². The largest absolute Gasteiger partial charge is 0.499 e. The van der Waals surface area contributed by atoms with Gasteiger partial charge < -0.3 is 15.8 Å². The van der Waals surface area contributed by atoms with Crippen LogP contribution in [0.3, 0.4) is 0 Å². The van der Waals surface area contributed by atoms with Crippen LogP contribution in [0.2, 0.25) is 0 Å². The molecule has 1 aliphatic carbocycles. The number of hydrogen-bond donors (Lipinski definition) is 2. The Morgan fingerprint density at radius 3 is 3.15 bits per heavy atom. The third kappa shape index (κ3) is 1.23. The van der Waals surface area contributed by atoms with Gasteiger partial charge in [0.25, 0.3) is 0 Å². The maximum absolute atomic E-state index is 10.9. The highest BCUT2D eigenvalue weighted by atomic mass is 16.5. The molecule has 0 spiro atoms. The highest BCUT2D eigenvalue weighted by Gasteiger charge is 2.24. The first-order chi connectivity index (χ1) is 6.20. The van der Waals surface area contributed by atoms with Crippen molar-refractivity contribution in [3.63, 3.8) is 0 Å². The number of methoxy groups -OCH3 is 1. The fourth-order valence-corrected chi connectivity index (χ4v) is 1.30. The molecular formula is C8H9N3O2. The average Bonchev–Trinajstić information content (AvgIpc) is 2.42.